The first-order valence-electron chi connectivity index (χ1n) is 7.65. The summed E-state index contributed by atoms with van der Waals surface area (Å²) in [7, 11) is 1.63. The first kappa shape index (κ1) is 17.3. The number of hydrogen-bond donors (Lipinski definition) is 2. The largest absolute Gasteiger partial charge is 0.495 e. The molecule has 0 saturated heterocycles. The third kappa shape index (κ3) is 4.96. The van der Waals surface area contributed by atoms with Crippen LogP contribution in [0.2, 0.25) is 0 Å². The number of aromatic nitrogens is 1. The molecule has 0 spiro atoms. The van der Waals surface area contributed by atoms with E-state index in [4.69, 9.17) is 4.74 Å². The second kappa shape index (κ2) is 7.97. The summed E-state index contributed by atoms with van der Waals surface area (Å²) in [6, 6.07) is 5.88. The Balaban J connectivity index is 2.02. The average Bonchev–Trinajstić information content (AvgIpc) is 2.95. The van der Waals surface area contributed by atoms with Crippen molar-refractivity contribution in [3.05, 3.63) is 34.8 Å². The molecule has 1 aromatic heterocycles. The van der Waals surface area contributed by atoms with Gasteiger partial charge in [0.25, 0.3) is 5.91 Å². The minimum atomic E-state index is -0.133. The normalized spacial score (nSPS) is 10.7. The van der Waals surface area contributed by atoms with E-state index >= 15 is 0 Å². The number of thiazole rings is 1. The third-order valence-electron chi connectivity index (χ3n) is 3.34. The number of anilines is 2. The van der Waals surface area contributed by atoms with Gasteiger partial charge in [0.15, 0.2) is 5.13 Å². The number of nitrogens with zero attached hydrogens (tertiary/aromatic N) is 1. The minimum absolute atomic E-state index is 0.133. The van der Waals surface area contributed by atoms with E-state index in [2.05, 4.69) is 29.5 Å². The van der Waals surface area contributed by atoms with E-state index in [1.165, 1.54) is 11.3 Å². The maximum absolute atomic E-state index is 12.0. The molecule has 0 radical (unpaired) electrons. The van der Waals surface area contributed by atoms with Crippen LogP contribution in [0.4, 0.5) is 10.8 Å². The summed E-state index contributed by atoms with van der Waals surface area (Å²) in [5.74, 6) is 1.18. The molecule has 124 valence electrons. The summed E-state index contributed by atoms with van der Waals surface area (Å²) in [4.78, 5) is 16.4. The second-order valence-electron chi connectivity index (χ2n) is 5.81. The molecular weight excluding hydrogens is 310 g/mol. The Kier molecular flexibility index (Phi) is 5.98. The molecule has 2 aromatic rings. The van der Waals surface area contributed by atoms with Crippen LogP contribution >= 0.6 is 11.3 Å². The summed E-state index contributed by atoms with van der Waals surface area (Å²) >= 11 is 1.40. The number of carbonyl (C=O) groups excluding carboxylic acids is 1. The summed E-state index contributed by atoms with van der Waals surface area (Å²) in [6.45, 7) is 6.95. The SMILES string of the molecule is COc1ccc(C)cc1Nc1nc(C(=O)NCCC(C)C)cs1. The highest BCUT2D eigenvalue weighted by Crippen LogP contribution is 2.29. The number of hydrogen-bond acceptors (Lipinski definition) is 5. The van der Waals surface area contributed by atoms with Crippen LogP contribution in [-0.2, 0) is 0 Å². The number of ether oxygens (including phenoxy) is 1. The predicted octanol–water partition coefficient (Wildman–Crippen LogP) is 3.98. The van der Waals surface area contributed by atoms with Gasteiger partial charge >= 0.3 is 0 Å². The van der Waals surface area contributed by atoms with Crippen molar-refractivity contribution in [3.63, 3.8) is 0 Å². The fourth-order valence-corrected chi connectivity index (χ4v) is 2.74. The van der Waals surface area contributed by atoms with E-state index < -0.39 is 0 Å². The van der Waals surface area contributed by atoms with E-state index in [1.807, 2.05) is 25.1 Å². The molecule has 1 aromatic carbocycles. The number of carbonyl (C=O) groups is 1. The lowest BCUT2D eigenvalue weighted by Gasteiger charge is -2.09. The molecule has 1 amide bonds. The molecule has 2 rings (SSSR count). The van der Waals surface area contributed by atoms with Gasteiger partial charge < -0.3 is 15.4 Å². The minimum Gasteiger partial charge on any atom is -0.495 e. The predicted molar refractivity (Wildman–Crippen MR) is 94.9 cm³/mol. The van der Waals surface area contributed by atoms with Gasteiger partial charge in [0, 0.05) is 11.9 Å². The molecule has 0 aliphatic heterocycles. The van der Waals surface area contributed by atoms with E-state index in [0.717, 1.165) is 23.4 Å². The molecule has 0 atom stereocenters. The molecule has 5 nitrogen and oxygen atoms in total. The molecule has 0 fully saturated rings. The Labute approximate surface area is 141 Å². The third-order valence-corrected chi connectivity index (χ3v) is 4.10. The topological polar surface area (TPSA) is 63.2 Å². The monoisotopic (exact) mass is 333 g/mol. The van der Waals surface area contributed by atoms with E-state index in [-0.39, 0.29) is 5.91 Å². The van der Waals surface area contributed by atoms with Crippen molar-refractivity contribution in [3.8, 4) is 5.75 Å². The highest BCUT2D eigenvalue weighted by atomic mass is 32.1. The molecule has 0 aliphatic rings. The Bertz CT molecular complexity index is 668. The van der Waals surface area contributed by atoms with Crippen LogP contribution in [0.3, 0.4) is 0 Å². The molecule has 23 heavy (non-hydrogen) atoms. The van der Waals surface area contributed by atoms with E-state index in [0.29, 0.717) is 23.3 Å². The zero-order valence-electron chi connectivity index (χ0n) is 14.0. The van der Waals surface area contributed by atoms with Crippen molar-refractivity contribution in [1.82, 2.24) is 10.3 Å². The first-order valence-corrected chi connectivity index (χ1v) is 8.53. The average molecular weight is 333 g/mol. The molecule has 2 N–H and O–H groups in total. The Morgan fingerprint density at radius 3 is 2.87 bits per heavy atom. The lowest BCUT2D eigenvalue weighted by Crippen LogP contribution is -2.25. The van der Waals surface area contributed by atoms with Gasteiger partial charge in [-0.3, -0.25) is 4.79 Å². The Morgan fingerprint density at radius 1 is 1.39 bits per heavy atom. The quantitative estimate of drug-likeness (QED) is 0.804. The van der Waals surface area contributed by atoms with Crippen molar-refractivity contribution >= 4 is 28.1 Å². The number of rotatable bonds is 7. The van der Waals surface area contributed by atoms with Crippen molar-refractivity contribution in [2.24, 2.45) is 5.92 Å². The zero-order valence-corrected chi connectivity index (χ0v) is 14.8. The second-order valence-corrected chi connectivity index (χ2v) is 6.66. The summed E-state index contributed by atoms with van der Waals surface area (Å²) < 4.78 is 5.34. The van der Waals surface area contributed by atoms with Gasteiger partial charge in [-0.15, -0.1) is 11.3 Å². The Morgan fingerprint density at radius 2 is 2.17 bits per heavy atom. The summed E-state index contributed by atoms with van der Waals surface area (Å²) in [5.41, 5.74) is 2.40. The lowest BCUT2D eigenvalue weighted by molar-refractivity contribution is 0.0948. The van der Waals surface area contributed by atoms with Gasteiger partial charge in [-0.2, -0.15) is 0 Å². The van der Waals surface area contributed by atoms with Crippen LogP contribution < -0.4 is 15.4 Å². The molecule has 0 unspecified atom stereocenters. The molecule has 6 heteroatoms. The van der Waals surface area contributed by atoms with E-state index in [9.17, 15) is 4.79 Å². The van der Waals surface area contributed by atoms with Gasteiger partial charge in [0.2, 0.25) is 0 Å². The molecule has 0 saturated carbocycles. The standard InChI is InChI=1S/C17H23N3O2S/c1-11(2)7-8-18-16(21)14-10-23-17(20-14)19-13-9-12(3)5-6-15(13)22-4/h5-6,9-11H,7-8H2,1-4H3,(H,18,21)(H,19,20). The Hall–Kier alpha value is -2.08. The number of nitrogens with one attached hydrogen (secondary N) is 2. The van der Waals surface area contributed by atoms with Gasteiger partial charge in [0.05, 0.1) is 12.8 Å². The number of amides is 1. The molecule has 0 aliphatic carbocycles. The fraction of sp³-hybridized carbons (Fsp3) is 0.412. The van der Waals surface area contributed by atoms with Gasteiger partial charge in [-0.05, 0) is 37.0 Å². The van der Waals surface area contributed by atoms with Gasteiger partial charge in [-0.25, -0.2) is 4.98 Å². The number of aryl methyl sites for hydroxylation is 1. The van der Waals surface area contributed by atoms with Crippen LogP contribution in [-0.4, -0.2) is 24.5 Å². The first-order chi connectivity index (χ1) is 11.0. The van der Waals surface area contributed by atoms with Crippen LogP contribution in [0.25, 0.3) is 0 Å². The van der Waals surface area contributed by atoms with Crippen molar-refractivity contribution in [1.29, 1.82) is 0 Å². The van der Waals surface area contributed by atoms with Crippen molar-refractivity contribution in [2.45, 2.75) is 27.2 Å². The summed E-state index contributed by atoms with van der Waals surface area (Å²) in [6.07, 6.45) is 0.960. The van der Waals surface area contributed by atoms with Gasteiger partial charge in [-0.1, -0.05) is 19.9 Å². The zero-order chi connectivity index (χ0) is 16.8. The number of benzene rings is 1. The molecule has 0 bridgehead atoms. The number of methoxy groups -OCH3 is 1. The van der Waals surface area contributed by atoms with Crippen molar-refractivity contribution < 1.29 is 9.53 Å². The highest BCUT2D eigenvalue weighted by Gasteiger charge is 2.12. The smallest absolute Gasteiger partial charge is 0.270 e. The maximum Gasteiger partial charge on any atom is 0.270 e. The molecule has 1 heterocycles. The maximum atomic E-state index is 12.0. The van der Waals surface area contributed by atoms with E-state index in [1.54, 1.807) is 12.5 Å². The van der Waals surface area contributed by atoms with Crippen LogP contribution in [0.1, 0.15) is 36.3 Å². The van der Waals surface area contributed by atoms with Crippen LogP contribution in [0, 0.1) is 12.8 Å². The van der Waals surface area contributed by atoms with Crippen LogP contribution in [0.15, 0.2) is 23.6 Å². The molecular formula is C17H23N3O2S. The van der Waals surface area contributed by atoms with Crippen molar-refractivity contribution in [2.75, 3.05) is 19.0 Å². The highest BCUT2D eigenvalue weighted by molar-refractivity contribution is 7.14. The summed E-state index contributed by atoms with van der Waals surface area (Å²) in [5, 5.41) is 8.54. The fourth-order valence-electron chi connectivity index (χ4n) is 2.04. The van der Waals surface area contributed by atoms with Gasteiger partial charge in [0.1, 0.15) is 11.4 Å². The van der Waals surface area contributed by atoms with Crippen LogP contribution in [0.5, 0.6) is 5.75 Å². The lowest BCUT2D eigenvalue weighted by atomic mass is 10.1.